The molecule has 0 aromatic carbocycles. The van der Waals surface area contributed by atoms with Gasteiger partial charge in [-0.15, -0.1) is 0 Å². The van der Waals surface area contributed by atoms with Gasteiger partial charge in [-0.3, -0.25) is 37.3 Å². The third-order valence-electron chi connectivity index (χ3n) is 18.5. The molecule has 98 heavy (non-hydrogen) atoms. The Morgan fingerprint density at radius 3 is 0.694 bits per heavy atom. The number of phosphoric ester groups is 2. The lowest BCUT2D eigenvalue weighted by atomic mass is 10.0. The molecule has 0 aromatic rings. The summed E-state index contributed by atoms with van der Waals surface area (Å²) in [6.45, 7) is 9.64. The smallest absolute Gasteiger partial charge is 0.462 e. The van der Waals surface area contributed by atoms with Crippen LogP contribution in [0, 0.1) is 11.8 Å². The van der Waals surface area contributed by atoms with Crippen LogP contribution in [0.15, 0.2) is 0 Å². The van der Waals surface area contributed by atoms with E-state index in [1.165, 1.54) is 231 Å². The summed E-state index contributed by atoms with van der Waals surface area (Å²) in [5.74, 6) is -0.542. The predicted molar refractivity (Wildman–Crippen MR) is 400 cm³/mol. The van der Waals surface area contributed by atoms with Crippen LogP contribution in [0.25, 0.3) is 0 Å². The molecule has 0 rings (SSSR count). The number of hydrogen-bond acceptors (Lipinski definition) is 15. The average molecular weight is 1440 g/mol. The van der Waals surface area contributed by atoms with Crippen LogP contribution in [0.4, 0.5) is 0 Å². The van der Waals surface area contributed by atoms with Crippen molar-refractivity contribution in [3.05, 3.63) is 0 Å². The van der Waals surface area contributed by atoms with Crippen molar-refractivity contribution in [1.29, 1.82) is 0 Å². The molecule has 0 radical (unpaired) electrons. The molecule has 582 valence electrons. The zero-order valence-corrected chi connectivity index (χ0v) is 65.9. The van der Waals surface area contributed by atoms with Crippen molar-refractivity contribution in [2.45, 2.75) is 432 Å². The minimum absolute atomic E-state index is 0.107. The van der Waals surface area contributed by atoms with Crippen molar-refractivity contribution >= 4 is 39.5 Å². The fraction of sp³-hybridized carbons (Fsp3) is 0.949. The second-order valence-corrected chi connectivity index (χ2v) is 32.3. The molecule has 2 unspecified atom stereocenters. The number of unbranched alkanes of at least 4 members (excludes halogenated alkanes) is 48. The fourth-order valence-electron chi connectivity index (χ4n) is 12.2. The minimum atomic E-state index is -4.96. The molecule has 0 saturated carbocycles. The van der Waals surface area contributed by atoms with Crippen LogP contribution in [-0.2, 0) is 65.4 Å². The summed E-state index contributed by atoms with van der Waals surface area (Å²) in [7, 11) is -9.92. The first-order valence-corrected chi connectivity index (χ1v) is 44.0. The number of ether oxygens (including phenoxy) is 4. The van der Waals surface area contributed by atoms with Crippen molar-refractivity contribution in [2.75, 3.05) is 39.6 Å². The Labute approximate surface area is 600 Å². The van der Waals surface area contributed by atoms with Gasteiger partial charge < -0.3 is 33.8 Å². The highest BCUT2D eigenvalue weighted by molar-refractivity contribution is 7.47. The molecule has 0 amide bonds. The van der Waals surface area contributed by atoms with Gasteiger partial charge in [-0.2, -0.15) is 0 Å². The van der Waals surface area contributed by atoms with Crippen LogP contribution in [0.3, 0.4) is 0 Å². The lowest BCUT2D eigenvalue weighted by Gasteiger charge is -2.21. The van der Waals surface area contributed by atoms with Crippen molar-refractivity contribution in [2.24, 2.45) is 11.8 Å². The molecule has 0 saturated heterocycles. The average Bonchev–Trinajstić information content (AvgIpc) is 0.997. The Hall–Kier alpha value is -1.94. The van der Waals surface area contributed by atoms with Gasteiger partial charge in [0, 0.05) is 25.7 Å². The van der Waals surface area contributed by atoms with Crippen molar-refractivity contribution in [3.63, 3.8) is 0 Å². The molecule has 0 fully saturated rings. The van der Waals surface area contributed by atoms with Crippen molar-refractivity contribution in [1.82, 2.24) is 0 Å². The monoisotopic (exact) mass is 1440 g/mol. The number of esters is 4. The lowest BCUT2D eigenvalue weighted by molar-refractivity contribution is -0.161. The van der Waals surface area contributed by atoms with Crippen molar-refractivity contribution in [3.8, 4) is 0 Å². The highest BCUT2D eigenvalue weighted by Crippen LogP contribution is 2.45. The lowest BCUT2D eigenvalue weighted by Crippen LogP contribution is -2.30. The van der Waals surface area contributed by atoms with E-state index in [0.29, 0.717) is 25.7 Å². The number of phosphoric acid groups is 2. The molecule has 0 aliphatic heterocycles. The molecule has 0 spiro atoms. The van der Waals surface area contributed by atoms with Crippen LogP contribution in [0.1, 0.15) is 414 Å². The standard InChI is InChI=1S/C79H154O17P2/c1-7-9-11-13-15-17-19-20-21-24-27-32-38-44-50-56-62-77(82)90-68-75(95-78(83)63-57-51-45-39-33-28-25-22-23-26-30-35-41-47-53-59-71(3)4)70-94-98(87,88)92-66-73(80)65-91-97(85,86)93-69-74(67-89-76(81)61-55-49-43-37-18-16-14-12-10-8-2)96-79(84)64-58-52-46-40-34-29-31-36-42-48-54-60-72(5)6/h71-75,80H,7-70H2,1-6H3,(H,85,86)(H,87,88)/t73-,74+,75+/m0/s1. The molecule has 0 heterocycles. The van der Waals surface area contributed by atoms with Crippen LogP contribution < -0.4 is 0 Å². The molecule has 0 bridgehead atoms. The van der Waals surface area contributed by atoms with Gasteiger partial charge in [0.25, 0.3) is 0 Å². The first-order chi connectivity index (χ1) is 47.4. The maximum absolute atomic E-state index is 13.1. The highest BCUT2D eigenvalue weighted by atomic mass is 31.2. The second-order valence-electron chi connectivity index (χ2n) is 29.4. The van der Waals surface area contributed by atoms with Gasteiger partial charge in [0.05, 0.1) is 26.4 Å². The summed E-state index contributed by atoms with van der Waals surface area (Å²) in [5.41, 5.74) is 0. The topological polar surface area (TPSA) is 237 Å². The Balaban J connectivity index is 5.24. The van der Waals surface area contributed by atoms with Crippen molar-refractivity contribution < 1.29 is 80.2 Å². The van der Waals surface area contributed by atoms with E-state index >= 15 is 0 Å². The van der Waals surface area contributed by atoms with Gasteiger partial charge in [-0.05, 0) is 37.5 Å². The molecule has 0 aromatic heterocycles. The van der Waals surface area contributed by atoms with Gasteiger partial charge in [-0.1, -0.05) is 363 Å². The van der Waals surface area contributed by atoms with Gasteiger partial charge >= 0.3 is 39.5 Å². The largest absolute Gasteiger partial charge is 0.472 e. The predicted octanol–water partition coefficient (Wildman–Crippen LogP) is 23.5. The van der Waals surface area contributed by atoms with E-state index in [1.807, 2.05) is 0 Å². The Morgan fingerprint density at radius 2 is 0.469 bits per heavy atom. The molecule has 0 aliphatic carbocycles. The molecular weight excluding hydrogens is 1280 g/mol. The van der Waals surface area contributed by atoms with E-state index in [0.717, 1.165) is 102 Å². The van der Waals surface area contributed by atoms with Crippen LogP contribution in [-0.4, -0.2) is 96.7 Å². The summed E-state index contributed by atoms with van der Waals surface area (Å²) in [6.07, 6.45) is 59.5. The van der Waals surface area contributed by atoms with Crippen LogP contribution >= 0.6 is 15.6 Å². The summed E-state index contributed by atoms with van der Waals surface area (Å²) < 4.78 is 68.6. The van der Waals surface area contributed by atoms with Gasteiger partial charge in [0.2, 0.25) is 0 Å². The Morgan fingerprint density at radius 1 is 0.276 bits per heavy atom. The zero-order valence-electron chi connectivity index (χ0n) is 64.1. The number of rotatable bonds is 78. The van der Waals surface area contributed by atoms with Gasteiger partial charge in [0.1, 0.15) is 19.3 Å². The van der Waals surface area contributed by atoms with Crippen LogP contribution in [0.2, 0.25) is 0 Å². The van der Waals surface area contributed by atoms with Gasteiger partial charge in [0.15, 0.2) is 12.2 Å². The summed E-state index contributed by atoms with van der Waals surface area (Å²) in [4.78, 5) is 72.9. The summed E-state index contributed by atoms with van der Waals surface area (Å²) >= 11 is 0. The second kappa shape index (κ2) is 70.7. The van der Waals surface area contributed by atoms with Crippen LogP contribution in [0.5, 0.6) is 0 Å². The van der Waals surface area contributed by atoms with E-state index < -0.39 is 97.5 Å². The molecule has 19 heteroatoms. The summed E-state index contributed by atoms with van der Waals surface area (Å²) in [5, 5.41) is 10.6. The maximum atomic E-state index is 13.1. The Kier molecular flexibility index (Phi) is 69.3. The third kappa shape index (κ3) is 72.4. The number of carbonyl (C=O) groups excluding carboxylic acids is 4. The quantitative estimate of drug-likeness (QED) is 0.0222. The number of hydrogen-bond donors (Lipinski definition) is 3. The maximum Gasteiger partial charge on any atom is 0.472 e. The van der Waals surface area contributed by atoms with Gasteiger partial charge in [-0.25, -0.2) is 9.13 Å². The number of aliphatic hydroxyl groups is 1. The number of aliphatic hydroxyl groups excluding tert-OH is 1. The molecule has 0 aliphatic rings. The van der Waals surface area contributed by atoms with E-state index in [4.69, 9.17) is 37.0 Å². The van der Waals surface area contributed by atoms with E-state index in [1.54, 1.807) is 0 Å². The molecule has 3 N–H and O–H groups in total. The first kappa shape index (κ1) is 96.1. The fourth-order valence-corrected chi connectivity index (χ4v) is 13.8. The number of carbonyl (C=O) groups is 4. The normalized spacial score (nSPS) is 13.9. The molecule has 17 nitrogen and oxygen atoms in total. The first-order valence-electron chi connectivity index (χ1n) is 41.0. The summed E-state index contributed by atoms with van der Waals surface area (Å²) in [6, 6.07) is 0. The molecule has 5 atom stereocenters. The van der Waals surface area contributed by atoms with E-state index in [2.05, 4.69) is 41.5 Å². The Bertz CT molecular complexity index is 1890. The molecular formula is C79H154O17P2. The zero-order chi connectivity index (χ0) is 72.1. The minimum Gasteiger partial charge on any atom is -0.462 e. The SMILES string of the molecule is CCCCCCCCCCCCCCCCCCC(=O)OC[C@H](COP(=O)(O)OC[C@@H](O)COP(=O)(O)OC[C@@H](COC(=O)CCCCCCCCCCCC)OC(=O)CCCCCCCCCCCCCC(C)C)OC(=O)CCCCCCCCCCCCCCCCCC(C)C. The highest BCUT2D eigenvalue weighted by Gasteiger charge is 2.30. The van der Waals surface area contributed by atoms with E-state index in [9.17, 15) is 43.2 Å². The third-order valence-corrected chi connectivity index (χ3v) is 20.4. The van der Waals surface area contributed by atoms with E-state index in [-0.39, 0.29) is 25.7 Å².